The normalized spacial score (nSPS) is 25.3. The van der Waals surface area contributed by atoms with Gasteiger partial charge in [0.2, 0.25) is 0 Å². The van der Waals surface area contributed by atoms with Gasteiger partial charge in [-0.15, -0.1) is 0 Å². The van der Waals surface area contributed by atoms with Crippen LogP contribution >= 0.6 is 0 Å². The summed E-state index contributed by atoms with van der Waals surface area (Å²) in [6, 6.07) is 8.14. The van der Waals surface area contributed by atoms with Crippen LogP contribution in [-0.2, 0) is 9.53 Å². The highest BCUT2D eigenvalue weighted by atomic mass is 16.5. The lowest BCUT2D eigenvalue weighted by molar-refractivity contribution is -0.142. The number of benzene rings is 1. The Hall–Kier alpha value is -1.31. The van der Waals surface area contributed by atoms with Crippen LogP contribution < -0.4 is 0 Å². The van der Waals surface area contributed by atoms with Crippen LogP contribution in [0.2, 0.25) is 0 Å². The van der Waals surface area contributed by atoms with Crippen molar-refractivity contribution in [1.82, 2.24) is 0 Å². The monoisotopic (exact) mass is 204 g/mol. The minimum absolute atomic E-state index is 0.0458. The number of esters is 1. The second-order valence-corrected chi connectivity index (χ2v) is 4.17. The summed E-state index contributed by atoms with van der Waals surface area (Å²) >= 11 is 0. The van der Waals surface area contributed by atoms with Gasteiger partial charge in [-0.25, -0.2) is 0 Å². The highest BCUT2D eigenvalue weighted by molar-refractivity contribution is 5.80. The van der Waals surface area contributed by atoms with Gasteiger partial charge in [0.1, 0.15) is 6.10 Å². The Morgan fingerprint density at radius 1 is 1.33 bits per heavy atom. The number of ether oxygens (including phenoxy) is 1. The Balaban J connectivity index is 2.18. The largest absolute Gasteiger partial charge is 0.462 e. The van der Waals surface area contributed by atoms with Gasteiger partial charge in [0.25, 0.3) is 0 Å². The molecule has 0 bridgehead atoms. The molecule has 0 radical (unpaired) electrons. The summed E-state index contributed by atoms with van der Waals surface area (Å²) < 4.78 is 5.27. The van der Waals surface area contributed by atoms with E-state index in [-0.39, 0.29) is 18.0 Å². The van der Waals surface area contributed by atoms with E-state index in [1.54, 1.807) is 0 Å². The van der Waals surface area contributed by atoms with Crippen molar-refractivity contribution in [3.8, 4) is 0 Å². The summed E-state index contributed by atoms with van der Waals surface area (Å²) in [5.74, 6) is -0.110. The third kappa shape index (κ3) is 2.04. The highest BCUT2D eigenvalue weighted by Gasteiger charge is 2.34. The molecule has 1 aliphatic rings. The molecule has 1 fully saturated rings. The van der Waals surface area contributed by atoms with Crippen LogP contribution in [0.1, 0.15) is 36.8 Å². The van der Waals surface area contributed by atoms with Crippen molar-refractivity contribution in [2.75, 3.05) is 0 Å². The van der Waals surface area contributed by atoms with Crippen molar-refractivity contribution in [2.24, 2.45) is 0 Å². The van der Waals surface area contributed by atoms with Crippen LogP contribution in [-0.4, -0.2) is 12.1 Å². The molecule has 15 heavy (non-hydrogen) atoms. The maximum absolute atomic E-state index is 11.6. The van der Waals surface area contributed by atoms with Crippen molar-refractivity contribution in [2.45, 2.75) is 38.7 Å². The maximum atomic E-state index is 11.6. The van der Waals surface area contributed by atoms with Gasteiger partial charge < -0.3 is 4.74 Å². The first-order valence-electron chi connectivity index (χ1n) is 5.47. The van der Waals surface area contributed by atoms with E-state index in [4.69, 9.17) is 4.74 Å². The number of hydrogen-bond acceptors (Lipinski definition) is 2. The number of aryl methyl sites for hydroxylation is 1. The van der Waals surface area contributed by atoms with Gasteiger partial charge in [-0.05, 0) is 18.9 Å². The second kappa shape index (κ2) is 4.05. The van der Waals surface area contributed by atoms with Crippen molar-refractivity contribution < 1.29 is 9.53 Å². The molecule has 0 saturated carbocycles. The molecule has 80 valence electrons. The van der Waals surface area contributed by atoms with Crippen molar-refractivity contribution >= 4 is 5.97 Å². The van der Waals surface area contributed by atoms with Crippen molar-refractivity contribution in [3.05, 3.63) is 35.4 Å². The molecule has 2 nitrogen and oxygen atoms in total. The number of carbonyl (C=O) groups excluding carboxylic acids is 1. The summed E-state index contributed by atoms with van der Waals surface area (Å²) in [6.07, 6.45) is 1.86. The zero-order valence-corrected chi connectivity index (χ0v) is 9.19. The summed E-state index contributed by atoms with van der Waals surface area (Å²) in [6.45, 7) is 4.10. The Kier molecular flexibility index (Phi) is 2.76. The van der Waals surface area contributed by atoms with Crippen LogP contribution in [0.4, 0.5) is 0 Å². The molecule has 1 aliphatic heterocycles. The number of carbonyl (C=O) groups is 1. The molecule has 2 rings (SSSR count). The third-order valence-corrected chi connectivity index (χ3v) is 3.00. The van der Waals surface area contributed by atoms with Gasteiger partial charge in [0.15, 0.2) is 0 Å². The van der Waals surface area contributed by atoms with E-state index in [1.165, 1.54) is 5.56 Å². The Bertz CT molecular complexity index is 353. The molecule has 2 heteroatoms. The molecule has 0 aromatic heterocycles. The minimum Gasteiger partial charge on any atom is -0.462 e. The van der Waals surface area contributed by atoms with Gasteiger partial charge >= 0.3 is 5.97 Å². The van der Waals surface area contributed by atoms with E-state index in [0.29, 0.717) is 0 Å². The van der Waals surface area contributed by atoms with Crippen LogP contribution in [0.5, 0.6) is 0 Å². The number of rotatable bonds is 2. The molecule has 1 saturated heterocycles. The van der Waals surface area contributed by atoms with Crippen LogP contribution in [0.3, 0.4) is 0 Å². The predicted molar refractivity (Wildman–Crippen MR) is 58.7 cm³/mol. The number of cyclic esters (lactones) is 1. The van der Waals surface area contributed by atoms with Gasteiger partial charge in [-0.1, -0.05) is 36.8 Å². The Morgan fingerprint density at radius 3 is 2.53 bits per heavy atom. The van der Waals surface area contributed by atoms with Crippen molar-refractivity contribution in [3.63, 3.8) is 0 Å². The fraction of sp³-hybridized carbons (Fsp3) is 0.462. The summed E-state index contributed by atoms with van der Waals surface area (Å²) in [5.41, 5.74) is 2.30. The number of hydrogen-bond donors (Lipinski definition) is 0. The predicted octanol–water partition coefficient (Wildman–Crippen LogP) is 2.80. The Labute approximate surface area is 90.3 Å². The lowest BCUT2D eigenvalue weighted by Gasteiger charge is -2.05. The minimum atomic E-state index is -0.0642. The average molecular weight is 204 g/mol. The van der Waals surface area contributed by atoms with Crippen molar-refractivity contribution in [1.29, 1.82) is 0 Å². The van der Waals surface area contributed by atoms with Gasteiger partial charge in [-0.3, -0.25) is 4.79 Å². The first-order valence-corrected chi connectivity index (χ1v) is 5.47. The summed E-state index contributed by atoms with van der Waals surface area (Å²) in [4.78, 5) is 11.6. The van der Waals surface area contributed by atoms with E-state index in [9.17, 15) is 4.79 Å². The third-order valence-electron chi connectivity index (χ3n) is 3.00. The van der Waals surface area contributed by atoms with Gasteiger partial charge in [0.05, 0.1) is 5.92 Å². The van der Waals surface area contributed by atoms with E-state index in [1.807, 2.05) is 31.2 Å². The van der Waals surface area contributed by atoms with E-state index >= 15 is 0 Å². The highest BCUT2D eigenvalue weighted by Crippen LogP contribution is 2.31. The molecular formula is C13H16O2. The second-order valence-electron chi connectivity index (χ2n) is 4.17. The Morgan fingerprint density at radius 2 is 2.00 bits per heavy atom. The fourth-order valence-corrected chi connectivity index (χ4v) is 1.97. The standard InChI is InChI=1S/C13H16O2/c1-3-11-8-12(13(14)15-11)10-6-4-9(2)5-7-10/h4-7,11-12H,3,8H2,1-2H3/t11-,12+/m0/s1. The molecular weight excluding hydrogens is 188 g/mol. The summed E-state index contributed by atoms with van der Waals surface area (Å²) in [5, 5.41) is 0. The van der Waals surface area contributed by atoms with Gasteiger partial charge in [-0.2, -0.15) is 0 Å². The smallest absolute Gasteiger partial charge is 0.313 e. The molecule has 1 heterocycles. The van der Waals surface area contributed by atoms with E-state index in [0.717, 1.165) is 18.4 Å². The van der Waals surface area contributed by atoms with E-state index < -0.39 is 0 Å². The molecule has 0 unspecified atom stereocenters. The maximum Gasteiger partial charge on any atom is 0.313 e. The zero-order valence-electron chi connectivity index (χ0n) is 9.19. The lowest BCUT2D eigenvalue weighted by Crippen LogP contribution is -2.05. The lowest BCUT2D eigenvalue weighted by atomic mass is 9.94. The van der Waals surface area contributed by atoms with Crippen LogP contribution in [0, 0.1) is 6.92 Å². The average Bonchev–Trinajstić information content (AvgIpc) is 2.61. The van der Waals surface area contributed by atoms with Crippen LogP contribution in [0.15, 0.2) is 24.3 Å². The molecule has 1 aromatic carbocycles. The first kappa shape index (κ1) is 10.2. The van der Waals surface area contributed by atoms with Gasteiger partial charge in [0, 0.05) is 6.42 Å². The topological polar surface area (TPSA) is 26.3 Å². The first-order chi connectivity index (χ1) is 7.20. The molecule has 0 amide bonds. The van der Waals surface area contributed by atoms with E-state index in [2.05, 4.69) is 6.92 Å². The molecule has 1 aromatic rings. The van der Waals surface area contributed by atoms with Crippen LogP contribution in [0.25, 0.3) is 0 Å². The molecule has 0 aliphatic carbocycles. The summed E-state index contributed by atoms with van der Waals surface area (Å²) in [7, 11) is 0. The fourth-order valence-electron chi connectivity index (χ4n) is 1.97. The SMILES string of the molecule is CC[C@H]1C[C@H](c2ccc(C)cc2)C(=O)O1. The molecule has 2 atom stereocenters. The molecule has 0 N–H and O–H groups in total. The quantitative estimate of drug-likeness (QED) is 0.692. The zero-order chi connectivity index (χ0) is 10.8. The molecule has 0 spiro atoms.